The van der Waals surface area contributed by atoms with E-state index >= 15 is 0 Å². The Morgan fingerprint density at radius 1 is 0.279 bits per heavy atom. The summed E-state index contributed by atoms with van der Waals surface area (Å²) in [6.07, 6.45) is 19.7. The van der Waals surface area contributed by atoms with Gasteiger partial charge >= 0.3 is 0 Å². The summed E-state index contributed by atoms with van der Waals surface area (Å²) >= 11 is 0. The third kappa shape index (κ3) is 20.6. The molecule has 19 aromatic rings. The van der Waals surface area contributed by atoms with Crippen molar-refractivity contribution in [2.24, 2.45) is 0 Å². The maximum absolute atomic E-state index is 6.40. The summed E-state index contributed by atoms with van der Waals surface area (Å²) in [4.78, 5) is 18.8. The molecule has 13 heteroatoms. The van der Waals surface area contributed by atoms with E-state index in [0.717, 1.165) is 98.7 Å². The third-order valence-electron chi connectivity index (χ3n) is 23.6. The number of aromatic nitrogens is 8. The molecular weight excluding hydrogens is 2290 g/mol. The normalized spacial score (nSPS) is 10.9. The average Bonchev–Trinajstić information content (AvgIpc) is 1.69. The van der Waals surface area contributed by atoms with Crippen LogP contribution in [0.25, 0.3) is 146 Å². The van der Waals surface area contributed by atoms with Crippen molar-refractivity contribution in [2.45, 2.75) is 132 Å². The molecule has 5 heterocycles. The van der Waals surface area contributed by atoms with E-state index in [4.69, 9.17) is 19.4 Å². The molecule has 0 aliphatic carbocycles. The molecule has 9 nitrogen and oxygen atoms in total. The van der Waals surface area contributed by atoms with Crippen LogP contribution in [0.1, 0.15) is 151 Å². The fourth-order valence-corrected chi connectivity index (χ4v) is 17.7. The monoisotopic (exact) mass is 2400 g/mol. The van der Waals surface area contributed by atoms with Crippen LogP contribution in [0.3, 0.4) is 0 Å². The van der Waals surface area contributed by atoms with Gasteiger partial charge in [-0.3, -0.25) is 19.9 Å². The maximum atomic E-state index is 6.40. The second kappa shape index (κ2) is 45.0. The van der Waals surface area contributed by atoms with Gasteiger partial charge in [-0.15, -0.1) is 144 Å². The standard InChI is InChI=1S/C33H29N2O.C31H27N2.C27H27N2.C25H23N2.4Ir/c1-21(2)28-19-24(25-14-10-15-27-26-13-8-9-16-30(26)36-32(25)27)20-29(22(3)4)31(28)35-18-17-34-33(35)23-11-6-5-7-12-23;1-3-26-28(23-14-8-5-9-15-23)22-29(24-16-10-6-11-17-24)27(4-2)30(26)33-21-20-32-31(33)25-18-12-7-13-19-25;1-19(2)23-15-16-24(21-11-7-5-8-12-21)25(20(3)4)26(23)29-18-17-28-27(29)22-13-9-6-10-14-22;1-3-19-15-16-23(20-11-7-5-8-12-20)22(4-2)24(19)27-18-17-26-25(27)21-13-9-6-10-14-21;;;;/h5-11,13-22H,1-4H3;5-18,20-22H,3-4H2,1-2H3;5-13,15-20H,1-4H3;5-13,15-18H,3-4H2,1-2H3;;;;/q4*-1;;;;. The van der Waals surface area contributed by atoms with Crippen LogP contribution >= 0.6 is 0 Å². The van der Waals surface area contributed by atoms with Gasteiger partial charge in [0.25, 0.3) is 0 Å². The Labute approximate surface area is 815 Å². The first kappa shape index (κ1) is 96.4. The van der Waals surface area contributed by atoms with Gasteiger partial charge in [0.15, 0.2) is 0 Å². The first-order valence-electron chi connectivity index (χ1n) is 44.1. The van der Waals surface area contributed by atoms with Gasteiger partial charge in [-0.2, -0.15) is 0 Å². The van der Waals surface area contributed by atoms with Gasteiger partial charge < -0.3 is 22.7 Å². The van der Waals surface area contributed by atoms with E-state index in [-0.39, 0.29) is 80.4 Å². The summed E-state index contributed by atoms with van der Waals surface area (Å²) in [6, 6.07) is 119. The van der Waals surface area contributed by atoms with Gasteiger partial charge in [-0.1, -0.05) is 265 Å². The number of benzene rings is 14. The molecule has 4 radical (unpaired) electrons. The van der Waals surface area contributed by atoms with Crippen LogP contribution in [0, 0.1) is 24.3 Å². The van der Waals surface area contributed by atoms with E-state index in [1.807, 2.05) is 110 Å². The number of para-hydroxylation sites is 2. The van der Waals surface area contributed by atoms with E-state index in [1.165, 1.54) is 117 Å². The van der Waals surface area contributed by atoms with Gasteiger partial charge in [0.2, 0.25) is 0 Å². The first-order chi connectivity index (χ1) is 61.2. The predicted molar refractivity (Wildman–Crippen MR) is 520 cm³/mol. The molecule has 0 aliphatic heterocycles. The number of furan rings is 1. The molecule has 0 spiro atoms. The minimum absolute atomic E-state index is 0. The Hall–Kier alpha value is -11.7. The second-order valence-electron chi connectivity index (χ2n) is 32.7. The third-order valence-corrected chi connectivity index (χ3v) is 23.6. The molecule has 656 valence electrons. The van der Waals surface area contributed by atoms with Crippen LogP contribution in [0.2, 0.25) is 0 Å². The van der Waals surface area contributed by atoms with E-state index in [9.17, 15) is 0 Å². The molecule has 0 amide bonds. The van der Waals surface area contributed by atoms with E-state index in [1.54, 1.807) is 0 Å². The summed E-state index contributed by atoms with van der Waals surface area (Å²) < 4.78 is 15.4. The van der Waals surface area contributed by atoms with Crippen molar-refractivity contribution in [2.75, 3.05) is 0 Å². The minimum atomic E-state index is 0. The number of imidazole rings is 4. The SMILES string of the molecule is CC(C)c1cc(-c2cccc3c2oc2ccccc23)cc(C(C)C)c1-n1ccnc1-c1[c-]cccc1.CC(C)c1ccc(-c2ccccc2)c(C(C)C)c1-n1ccnc1-c1[c-]cccc1.CCc1c(-c2ccccc2)cc(-c2ccccc2)c(CC)c1-n1ccnc1-c1[c-]cccc1.CCc1ccc(-c2ccccc2)c(CC)c1-n1ccnc1-c1[c-]cccc1.[Ir].[Ir].[Ir].[Ir]. The van der Waals surface area contributed by atoms with Crippen molar-refractivity contribution in [1.82, 2.24) is 38.2 Å². The zero-order chi connectivity index (χ0) is 86.5. The quantitative estimate of drug-likeness (QED) is 0.0669. The fraction of sp³-hybridized carbons (Fsp3) is 0.172. The second-order valence-corrected chi connectivity index (χ2v) is 32.7. The molecular formula is C116H106Ir4N8O-4. The van der Waals surface area contributed by atoms with Crippen LogP contribution in [0.15, 0.2) is 357 Å². The predicted octanol–water partition coefficient (Wildman–Crippen LogP) is 30.3. The smallest absolute Gasteiger partial charge is 0.143 e. The Bertz CT molecular complexity index is 6720. The zero-order valence-corrected chi connectivity index (χ0v) is 84.5. The van der Waals surface area contributed by atoms with Gasteiger partial charge in [-0.25, -0.2) is 0 Å². The summed E-state index contributed by atoms with van der Waals surface area (Å²) in [5.41, 5.74) is 33.9. The summed E-state index contributed by atoms with van der Waals surface area (Å²) in [5, 5.41) is 2.31. The van der Waals surface area contributed by atoms with Crippen molar-refractivity contribution < 1.29 is 84.8 Å². The molecule has 0 saturated heterocycles. The topological polar surface area (TPSA) is 84.4 Å². The molecule has 0 aliphatic rings. The first-order valence-corrected chi connectivity index (χ1v) is 44.1. The van der Waals surface area contributed by atoms with Crippen LogP contribution in [-0.2, 0) is 106 Å². The number of fused-ring (bicyclic) bond motifs is 3. The van der Waals surface area contributed by atoms with E-state index in [0.29, 0.717) is 23.7 Å². The number of hydrogen-bond donors (Lipinski definition) is 0. The fourth-order valence-electron chi connectivity index (χ4n) is 17.7. The summed E-state index contributed by atoms with van der Waals surface area (Å²) in [7, 11) is 0. The van der Waals surface area contributed by atoms with Crippen LogP contribution in [0.4, 0.5) is 0 Å². The summed E-state index contributed by atoms with van der Waals surface area (Å²) in [6.45, 7) is 27.1. The van der Waals surface area contributed by atoms with Gasteiger partial charge in [0, 0.05) is 169 Å². The number of rotatable bonds is 21. The molecule has 0 saturated carbocycles. The van der Waals surface area contributed by atoms with Crippen molar-refractivity contribution in [1.29, 1.82) is 0 Å². The number of hydrogen-bond acceptors (Lipinski definition) is 5. The Kier molecular flexibility index (Phi) is 33.7. The summed E-state index contributed by atoms with van der Waals surface area (Å²) in [5.74, 6) is 5.11. The Balaban J connectivity index is 0.000000155. The van der Waals surface area contributed by atoms with E-state index < -0.39 is 0 Å². The molecule has 129 heavy (non-hydrogen) atoms. The minimum Gasteiger partial charge on any atom is -0.455 e. The Morgan fingerprint density at radius 2 is 0.636 bits per heavy atom. The van der Waals surface area contributed by atoms with Crippen LogP contribution < -0.4 is 0 Å². The molecule has 5 aromatic heterocycles. The molecule has 0 atom stereocenters. The van der Waals surface area contributed by atoms with Crippen molar-refractivity contribution in [3.8, 4) is 124 Å². The number of aryl methyl sites for hydroxylation is 1. The van der Waals surface area contributed by atoms with Gasteiger partial charge in [-0.05, 0) is 168 Å². The zero-order valence-electron chi connectivity index (χ0n) is 74.9. The van der Waals surface area contributed by atoms with Crippen molar-refractivity contribution >= 4 is 21.9 Å². The molecule has 0 N–H and O–H groups in total. The molecule has 0 bridgehead atoms. The number of nitrogens with zero attached hydrogens (tertiary/aromatic N) is 8. The van der Waals surface area contributed by atoms with Crippen molar-refractivity contribution in [3.05, 3.63) is 422 Å². The van der Waals surface area contributed by atoms with Crippen LogP contribution in [-0.4, -0.2) is 38.2 Å². The van der Waals surface area contributed by atoms with Gasteiger partial charge in [0.05, 0.1) is 23.3 Å². The van der Waals surface area contributed by atoms with Gasteiger partial charge in [0.1, 0.15) is 11.2 Å². The molecule has 14 aromatic carbocycles. The average molecular weight is 2400 g/mol. The molecule has 0 unspecified atom stereocenters. The van der Waals surface area contributed by atoms with E-state index in [2.05, 4.69) is 374 Å². The van der Waals surface area contributed by atoms with Crippen molar-refractivity contribution in [3.63, 3.8) is 0 Å². The van der Waals surface area contributed by atoms with Crippen LogP contribution in [0.5, 0.6) is 0 Å². The molecule has 0 fully saturated rings. The maximum Gasteiger partial charge on any atom is 0.143 e. The molecule has 19 rings (SSSR count). The largest absolute Gasteiger partial charge is 0.455 e. The Morgan fingerprint density at radius 3 is 1.03 bits per heavy atom.